The number of halogens is 3. The van der Waals surface area contributed by atoms with Crippen LogP contribution in [0.2, 0.25) is 0 Å². The number of hydrogen-bond donors (Lipinski definition) is 0. The minimum Gasteiger partial charge on any atom is -0.0830 e. The van der Waals surface area contributed by atoms with E-state index in [2.05, 4.69) is 38.1 Å². The highest BCUT2D eigenvalue weighted by atomic mass is 35.6. The van der Waals surface area contributed by atoms with Crippen molar-refractivity contribution in [1.29, 1.82) is 0 Å². The van der Waals surface area contributed by atoms with Crippen molar-refractivity contribution in [3.63, 3.8) is 0 Å². The SMILES string of the molecule is CCCCCCCCC(c1ccc(CC)cc1)C(Cl)(Cl)Cl. The predicted octanol–water partition coefficient (Wildman–Crippen LogP) is 7.45. The number of hydrogen-bond acceptors (Lipinski definition) is 0. The van der Waals surface area contributed by atoms with E-state index in [4.69, 9.17) is 34.8 Å². The van der Waals surface area contributed by atoms with Crippen molar-refractivity contribution in [2.45, 2.75) is 74.9 Å². The molecule has 0 N–H and O–H groups in total. The van der Waals surface area contributed by atoms with Gasteiger partial charge in [0.15, 0.2) is 3.79 Å². The second-order valence-corrected chi connectivity index (χ2v) is 8.11. The molecular weight excluding hydrogens is 323 g/mol. The quantitative estimate of drug-likeness (QED) is 0.320. The summed E-state index contributed by atoms with van der Waals surface area (Å²) in [5.41, 5.74) is 2.46. The highest BCUT2D eigenvalue weighted by molar-refractivity contribution is 6.68. The molecule has 0 saturated heterocycles. The van der Waals surface area contributed by atoms with Crippen LogP contribution in [0.4, 0.5) is 0 Å². The third-order valence-electron chi connectivity index (χ3n) is 4.03. The minimum atomic E-state index is -1.23. The van der Waals surface area contributed by atoms with Crippen molar-refractivity contribution < 1.29 is 0 Å². The van der Waals surface area contributed by atoms with Crippen molar-refractivity contribution in [3.05, 3.63) is 35.4 Å². The maximum Gasteiger partial charge on any atom is 0.197 e. The monoisotopic (exact) mass is 348 g/mol. The molecule has 1 atom stereocenters. The Hall–Kier alpha value is 0.0900. The Kier molecular flexibility index (Phi) is 9.09. The van der Waals surface area contributed by atoms with Crippen LogP contribution in [0.1, 0.15) is 75.8 Å². The van der Waals surface area contributed by atoms with Crippen LogP contribution in [0.3, 0.4) is 0 Å². The lowest BCUT2D eigenvalue weighted by Gasteiger charge is -2.25. The molecule has 0 aliphatic heterocycles. The molecule has 1 aromatic carbocycles. The second kappa shape index (κ2) is 9.98. The molecule has 0 aliphatic carbocycles. The van der Waals surface area contributed by atoms with Crippen molar-refractivity contribution >= 4 is 34.8 Å². The zero-order valence-electron chi connectivity index (χ0n) is 13.2. The van der Waals surface area contributed by atoms with E-state index in [1.807, 2.05) is 0 Å². The fourth-order valence-electron chi connectivity index (χ4n) is 2.63. The lowest BCUT2D eigenvalue weighted by molar-refractivity contribution is 0.542. The van der Waals surface area contributed by atoms with Gasteiger partial charge in [0.05, 0.1) is 0 Å². The molecule has 0 fully saturated rings. The largest absolute Gasteiger partial charge is 0.197 e. The normalized spacial score (nSPS) is 13.4. The van der Waals surface area contributed by atoms with Crippen LogP contribution in [0, 0.1) is 0 Å². The van der Waals surface area contributed by atoms with Gasteiger partial charge >= 0.3 is 0 Å². The predicted molar refractivity (Wildman–Crippen MR) is 96.8 cm³/mol. The average Bonchev–Trinajstić information content (AvgIpc) is 2.45. The van der Waals surface area contributed by atoms with Gasteiger partial charge < -0.3 is 0 Å². The molecule has 0 aliphatic rings. The van der Waals surface area contributed by atoms with Gasteiger partial charge in [-0.3, -0.25) is 0 Å². The summed E-state index contributed by atoms with van der Waals surface area (Å²) in [6.45, 7) is 4.39. The zero-order valence-corrected chi connectivity index (χ0v) is 15.4. The average molecular weight is 350 g/mol. The third kappa shape index (κ3) is 7.26. The van der Waals surface area contributed by atoms with Gasteiger partial charge in [-0.15, -0.1) is 0 Å². The molecule has 1 unspecified atom stereocenters. The maximum atomic E-state index is 6.20. The molecule has 21 heavy (non-hydrogen) atoms. The van der Waals surface area contributed by atoms with Gasteiger partial charge in [-0.2, -0.15) is 0 Å². The second-order valence-electron chi connectivity index (χ2n) is 5.75. The van der Waals surface area contributed by atoms with Crippen LogP contribution in [-0.2, 0) is 6.42 Å². The molecule has 0 spiro atoms. The van der Waals surface area contributed by atoms with Gasteiger partial charge in [-0.05, 0) is 24.0 Å². The summed E-state index contributed by atoms with van der Waals surface area (Å²) in [7, 11) is 0. The van der Waals surface area contributed by atoms with Crippen molar-refractivity contribution in [2.75, 3.05) is 0 Å². The zero-order chi connectivity index (χ0) is 15.7. The molecular formula is C18H27Cl3. The Morgan fingerprint density at radius 1 is 0.857 bits per heavy atom. The fourth-order valence-corrected chi connectivity index (χ4v) is 3.34. The van der Waals surface area contributed by atoms with Crippen LogP contribution >= 0.6 is 34.8 Å². The first-order valence-electron chi connectivity index (χ1n) is 8.14. The Bertz CT molecular complexity index is 378. The molecule has 0 radical (unpaired) electrons. The van der Waals surface area contributed by atoms with E-state index in [1.54, 1.807) is 0 Å². The summed E-state index contributed by atoms with van der Waals surface area (Å²) in [5, 5.41) is 0. The van der Waals surface area contributed by atoms with Gasteiger partial charge in [0.2, 0.25) is 0 Å². The number of rotatable bonds is 9. The molecule has 0 heterocycles. The van der Waals surface area contributed by atoms with Crippen LogP contribution in [0.5, 0.6) is 0 Å². The van der Waals surface area contributed by atoms with Crippen LogP contribution < -0.4 is 0 Å². The third-order valence-corrected chi connectivity index (χ3v) is 4.82. The number of benzene rings is 1. The summed E-state index contributed by atoms with van der Waals surface area (Å²) >= 11 is 18.6. The van der Waals surface area contributed by atoms with Gasteiger partial charge in [0.25, 0.3) is 0 Å². The molecule has 0 aromatic heterocycles. The first kappa shape index (κ1) is 19.1. The number of aryl methyl sites for hydroxylation is 1. The van der Waals surface area contributed by atoms with Crippen LogP contribution in [0.15, 0.2) is 24.3 Å². The van der Waals surface area contributed by atoms with Gasteiger partial charge in [-0.25, -0.2) is 0 Å². The number of unbranched alkanes of at least 4 members (excludes halogenated alkanes) is 5. The van der Waals surface area contributed by atoms with E-state index in [0.717, 1.165) is 24.8 Å². The fraction of sp³-hybridized carbons (Fsp3) is 0.667. The highest BCUT2D eigenvalue weighted by Crippen LogP contribution is 2.44. The minimum absolute atomic E-state index is 0.0143. The van der Waals surface area contributed by atoms with Gasteiger partial charge in [-0.1, -0.05) is 111 Å². The molecule has 0 nitrogen and oxygen atoms in total. The molecule has 1 aromatic rings. The van der Waals surface area contributed by atoms with Crippen molar-refractivity contribution in [2.24, 2.45) is 0 Å². The molecule has 0 amide bonds. The van der Waals surface area contributed by atoms with Gasteiger partial charge in [0, 0.05) is 5.92 Å². The Balaban J connectivity index is 2.55. The number of alkyl halides is 3. The Morgan fingerprint density at radius 2 is 1.43 bits per heavy atom. The molecule has 120 valence electrons. The van der Waals surface area contributed by atoms with E-state index in [-0.39, 0.29) is 5.92 Å². The van der Waals surface area contributed by atoms with Gasteiger partial charge in [0.1, 0.15) is 0 Å². The van der Waals surface area contributed by atoms with Crippen LogP contribution in [-0.4, -0.2) is 3.79 Å². The molecule has 3 heteroatoms. The Morgan fingerprint density at radius 3 is 1.95 bits per heavy atom. The summed E-state index contributed by atoms with van der Waals surface area (Å²) in [6, 6.07) is 8.50. The van der Waals surface area contributed by atoms with E-state index >= 15 is 0 Å². The topological polar surface area (TPSA) is 0 Å². The first-order valence-corrected chi connectivity index (χ1v) is 9.28. The lowest BCUT2D eigenvalue weighted by atomic mass is 9.93. The summed E-state index contributed by atoms with van der Waals surface area (Å²) < 4.78 is -1.23. The van der Waals surface area contributed by atoms with E-state index in [1.165, 1.54) is 37.7 Å². The molecule has 0 bridgehead atoms. The molecule has 1 rings (SSSR count). The highest BCUT2D eigenvalue weighted by Gasteiger charge is 2.33. The summed E-state index contributed by atoms with van der Waals surface area (Å²) in [6.07, 6.45) is 9.54. The van der Waals surface area contributed by atoms with Crippen molar-refractivity contribution in [3.8, 4) is 0 Å². The maximum absolute atomic E-state index is 6.20. The van der Waals surface area contributed by atoms with E-state index < -0.39 is 3.79 Å². The smallest absolute Gasteiger partial charge is 0.0830 e. The van der Waals surface area contributed by atoms with E-state index in [0.29, 0.717) is 0 Å². The summed E-state index contributed by atoms with van der Waals surface area (Å²) in [4.78, 5) is 0. The van der Waals surface area contributed by atoms with E-state index in [9.17, 15) is 0 Å². The summed E-state index contributed by atoms with van der Waals surface area (Å²) in [5.74, 6) is -0.0143. The molecule has 0 saturated carbocycles. The first-order chi connectivity index (χ1) is 9.99. The lowest BCUT2D eigenvalue weighted by Crippen LogP contribution is -2.17. The van der Waals surface area contributed by atoms with Crippen LogP contribution in [0.25, 0.3) is 0 Å². The van der Waals surface area contributed by atoms with Crippen molar-refractivity contribution in [1.82, 2.24) is 0 Å². The Labute approximate surface area is 145 Å². The standard InChI is InChI=1S/C18H27Cl3/c1-3-5-6-7-8-9-10-17(18(19,20)21)16-13-11-15(4-2)12-14-16/h11-14,17H,3-10H2,1-2H3.